The van der Waals surface area contributed by atoms with E-state index in [1.807, 2.05) is 48.5 Å². The molecule has 0 aliphatic rings. The van der Waals surface area contributed by atoms with Gasteiger partial charge in [-0.2, -0.15) is 0 Å². The Kier molecular flexibility index (Phi) is 5.03. The second-order valence-electron chi connectivity index (χ2n) is 5.05. The van der Waals surface area contributed by atoms with Crippen LogP contribution in [0.25, 0.3) is 0 Å². The van der Waals surface area contributed by atoms with E-state index in [0.717, 1.165) is 11.3 Å². The number of carbonyl (C=O) groups excluding carboxylic acids is 1. The molecule has 2 aromatic carbocycles. The fraction of sp³-hybridized carbons (Fsp3) is 0.0556. The maximum absolute atomic E-state index is 12.1. The van der Waals surface area contributed by atoms with Crippen LogP contribution in [0.2, 0.25) is 5.02 Å². The lowest BCUT2D eigenvalue weighted by Crippen LogP contribution is -2.24. The fourth-order valence-electron chi connectivity index (χ4n) is 2.09. The van der Waals surface area contributed by atoms with Gasteiger partial charge in [-0.3, -0.25) is 4.79 Å². The molecule has 0 saturated heterocycles. The quantitative estimate of drug-likeness (QED) is 0.742. The van der Waals surface area contributed by atoms with Crippen molar-refractivity contribution in [2.75, 3.05) is 5.32 Å². The second-order valence-corrected chi connectivity index (χ2v) is 5.46. The molecule has 0 aliphatic heterocycles. The average molecular weight is 339 g/mol. The molecular formula is C18H15ClN4O. The van der Waals surface area contributed by atoms with Crippen molar-refractivity contribution in [2.45, 2.75) is 6.54 Å². The molecule has 2 N–H and O–H groups in total. The number of carbonyl (C=O) groups is 1. The number of para-hydroxylation sites is 1. The van der Waals surface area contributed by atoms with Gasteiger partial charge in [-0.15, -0.1) is 0 Å². The van der Waals surface area contributed by atoms with E-state index in [1.54, 1.807) is 6.07 Å². The van der Waals surface area contributed by atoms with Gasteiger partial charge in [0.25, 0.3) is 5.91 Å². The van der Waals surface area contributed by atoms with Crippen molar-refractivity contribution in [2.24, 2.45) is 0 Å². The van der Waals surface area contributed by atoms with Crippen LogP contribution in [-0.4, -0.2) is 15.9 Å². The van der Waals surface area contributed by atoms with Crippen molar-refractivity contribution < 1.29 is 4.79 Å². The maximum Gasteiger partial charge on any atom is 0.271 e. The standard InChI is InChI=1S/C18H15ClN4O/c19-15-9-5-4-6-13(15)10-22-18(24)16-11-21-17(12-20-16)23-14-7-2-1-3-8-14/h1-9,11-12H,10H2,(H,21,23)(H,22,24). The molecule has 0 atom stereocenters. The molecule has 6 heteroatoms. The Morgan fingerprint density at radius 2 is 1.71 bits per heavy atom. The van der Waals surface area contributed by atoms with Gasteiger partial charge < -0.3 is 10.6 Å². The lowest BCUT2D eigenvalue weighted by atomic mass is 10.2. The highest BCUT2D eigenvalue weighted by atomic mass is 35.5. The van der Waals surface area contributed by atoms with Crippen LogP contribution >= 0.6 is 11.6 Å². The summed E-state index contributed by atoms with van der Waals surface area (Å²) < 4.78 is 0. The van der Waals surface area contributed by atoms with E-state index in [9.17, 15) is 4.79 Å². The van der Waals surface area contributed by atoms with Crippen molar-refractivity contribution in [3.8, 4) is 0 Å². The maximum atomic E-state index is 12.1. The number of nitrogens with zero attached hydrogens (tertiary/aromatic N) is 2. The molecule has 0 bridgehead atoms. The van der Waals surface area contributed by atoms with Crippen molar-refractivity contribution in [3.63, 3.8) is 0 Å². The minimum Gasteiger partial charge on any atom is -0.347 e. The van der Waals surface area contributed by atoms with Crippen LogP contribution in [0.4, 0.5) is 11.5 Å². The van der Waals surface area contributed by atoms with Gasteiger partial charge >= 0.3 is 0 Å². The molecule has 1 heterocycles. The first kappa shape index (κ1) is 16.0. The monoisotopic (exact) mass is 338 g/mol. The Balaban J connectivity index is 1.61. The first-order chi connectivity index (χ1) is 11.7. The number of hydrogen-bond acceptors (Lipinski definition) is 4. The molecule has 0 aliphatic carbocycles. The second kappa shape index (κ2) is 7.57. The molecule has 0 saturated carbocycles. The average Bonchev–Trinajstić information content (AvgIpc) is 2.62. The molecule has 0 unspecified atom stereocenters. The molecule has 120 valence electrons. The molecule has 24 heavy (non-hydrogen) atoms. The number of amides is 1. The number of rotatable bonds is 5. The zero-order chi connectivity index (χ0) is 16.8. The van der Waals surface area contributed by atoms with Gasteiger partial charge in [-0.05, 0) is 23.8 Å². The van der Waals surface area contributed by atoms with Gasteiger partial charge in [0.1, 0.15) is 11.5 Å². The van der Waals surface area contributed by atoms with Crippen molar-refractivity contribution >= 4 is 29.0 Å². The SMILES string of the molecule is O=C(NCc1ccccc1Cl)c1cnc(Nc2ccccc2)cn1. The van der Waals surface area contributed by atoms with E-state index >= 15 is 0 Å². The smallest absolute Gasteiger partial charge is 0.271 e. The molecule has 0 fully saturated rings. The Bertz CT molecular complexity index is 822. The van der Waals surface area contributed by atoms with Gasteiger partial charge in [0, 0.05) is 17.3 Å². The zero-order valence-electron chi connectivity index (χ0n) is 12.7. The Morgan fingerprint density at radius 3 is 2.42 bits per heavy atom. The topological polar surface area (TPSA) is 66.9 Å². The van der Waals surface area contributed by atoms with E-state index in [0.29, 0.717) is 17.4 Å². The van der Waals surface area contributed by atoms with E-state index in [2.05, 4.69) is 20.6 Å². The fourth-order valence-corrected chi connectivity index (χ4v) is 2.29. The van der Waals surface area contributed by atoms with E-state index in [4.69, 9.17) is 11.6 Å². The third kappa shape index (κ3) is 4.08. The summed E-state index contributed by atoms with van der Waals surface area (Å²) in [7, 11) is 0. The summed E-state index contributed by atoms with van der Waals surface area (Å²) >= 11 is 6.06. The Hall–Kier alpha value is -2.92. The van der Waals surface area contributed by atoms with Crippen molar-refractivity contribution in [1.29, 1.82) is 0 Å². The van der Waals surface area contributed by atoms with E-state index in [-0.39, 0.29) is 11.6 Å². The minimum absolute atomic E-state index is 0.251. The van der Waals surface area contributed by atoms with Crippen LogP contribution < -0.4 is 10.6 Å². The molecule has 1 aromatic heterocycles. The van der Waals surface area contributed by atoms with E-state index in [1.165, 1.54) is 12.4 Å². The minimum atomic E-state index is -0.298. The zero-order valence-corrected chi connectivity index (χ0v) is 13.5. The summed E-state index contributed by atoms with van der Waals surface area (Å²) in [6.07, 6.45) is 2.96. The molecule has 0 radical (unpaired) electrons. The van der Waals surface area contributed by atoms with Crippen molar-refractivity contribution in [1.82, 2.24) is 15.3 Å². The summed E-state index contributed by atoms with van der Waals surface area (Å²) in [6, 6.07) is 17.0. The Labute approximate surface area is 144 Å². The van der Waals surface area contributed by atoms with Crippen LogP contribution in [0.3, 0.4) is 0 Å². The molecular weight excluding hydrogens is 324 g/mol. The van der Waals surface area contributed by atoms with Crippen LogP contribution in [-0.2, 0) is 6.54 Å². The van der Waals surface area contributed by atoms with Crippen LogP contribution in [0.15, 0.2) is 67.0 Å². The lowest BCUT2D eigenvalue weighted by Gasteiger charge is -2.07. The van der Waals surface area contributed by atoms with Crippen LogP contribution in [0, 0.1) is 0 Å². The summed E-state index contributed by atoms with van der Waals surface area (Å²) in [4.78, 5) is 20.5. The number of benzene rings is 2. The van der Waals surface area contributed by atoms with Gasteiger partial charge in [0.05, 0.1) is 12.4 Å². The summed E-state index contributed by atoms with van der Waals surface area (Å²) in [5.74, 6) is 0.275. The number of anilines is 2. The highest BCUT2D eigenvalue weighted by Crippen LogP contribution is 2.15. The predicted octanol–water partition coefficient (Wildman–Crippen LogP) is 3.80. The number of halogens is 1. The predicted molar refractivity (Wildman–Crippen MR) is 94.4 cm³/mol. The normalized spacial score (nSPS) is 10.2. The highest BCUT2D eigenvalue weighted by molar-refractivity contribution is 6.31. The summed E-state index contributed by atoms with van der Waals surface area (Å²) in [5, 5.41) is 6.51. The van der Waals surface area contributed by atoms with E-state index < -0.39 is 0 Å². The number of aromatic nitrogens is 2. The number of hydrogen-bond donors (Lipinski definition) is 2. The van der Waals surface area contributed by atoms with Crippen molar-refractivity contribution in [3.05, 3.63) is 83.3 Å². The largest absolute Gasteiger partial charge is 0.347 e. The first-order valence-electron chi connectivity index (χ1n) is 7.38. The van der Waals surface area contributed by atoms with Crippen LogP contribution in [0.5, 0.6) is 0 Å². The third-order valence-corrected chi connectivity index (χ3v) is 3.70. The van der Waals surface area contributed by atoms with Gasteiger partial charge in [-0.1, -0.05) is 48.0 Å². The molecule has 5 nitrogen and oxygen atoms in total. The van der Waals surface area contributed by atoms with Gasteiger partial charge in [0.15, 0.2) is 0 Å². The third-order valence-electron chi connectivity index (χ3n) is 3.33. The molecule has 3 rings (SSSR count). The van der Waals surface area contributed by atoms with Gasteiger partial charge in [-0.25, -0.2) is 9.97 Å². The molecule has 0 spiro atoms. The molecule has 1 amide bonds. The lowest BCUT2D eigenvalue weighted by molar-refractivity contribution is 0.0945. The summed E-state index contributed by atoms with van der Waals surface area (Å²) in [6.45, 7) is 0.338. The summed E-state index contributed by atoms with van der Waals surface area (Å²) in [5.41, 5.74) is 2.01. The highest BCUT2D eigenvalue weighted by Gasteiger charge is 2.09. The van der Waals surface area contributed by atoms with Crippen LogP contribution in [0.1, 0.15) is 16.1 Å². The Morgan fingerprint density at radius 1 is 0.958 bits per heavy atom. The van der Waals surface area contributed by atoms with Gasteiger partial charge in [0.2, 0.25) is 0 Å². The molecule has 3 aromatic rings. The number of nitrogens with one attached hydrogen (secondary N) is 2. The first-order valence-corrected chi connectivity index (χ1v) is 7.76.